The molecule has 9 heteroatoms. The lowest BCUT2D eigenvalue weighted by Gasteiger charge is -2.34. The van der Waals surface area contributed by atoms with Crippen LogP contribution in [0.5, 0.6) is 5.75 Å². The molecule has 0 spiro atoms. The van der Waals surface area contributed by atoms with Crippen molar-refractivity contribution in [1.29, 1.82) is 0 Å². The van der Waals surface area contributed by atoms with Crippen molar-refractivity contribution >= 4 is 22.4 Å². The Morgan fingerprint density at radius 3 is 2.78 bits per heavy atom. The minimum absolute atomic E-state index is 0.212. The number of benzene rings is 1. The summed E-state index contributed by atoms with van der Waals surface area (Å²) in [7, 11) is 0. The van der Waals surface area contributed by atoms with Crippen LogP contribution in [0, 0.1) is 13.8 Å². The summed E-state index contributed by atoms with van der Waals surface area (Å²) in [4.78, 5) is 19.7. The van der Waals surface area contributed by atoms with Crippen molar-refractivity contribution < 1.29 is 18.8 Å². The number of ether oxygens (including phenoxy) is 2. The molecule has 2 aromatic heterocycles. The largest absolute Gasteiger partial charge is 0.489 e. The van der Waals surface area contributed by atoms with Crippen LogP contribution in [0.2, 0.25) is 0 Å². The highest BCUT2D eigenvalue weighted by atomic mass is 32.1. The van der Waals surface area contributed by atoms with Crippen LogP contribution in [-0.2, 0) is 17.9 Å². The first-order valence-electron chi connectivity index (χ1n) is 10.7. The molecule has 1 amide bonds. The number of aryl methyl sites for hydroxylation is 2. The SMILES string of the molecule is Cc1noc(C)c1COc1cccc(C(=O)Nc2nc(CN3C[C@@H](C)O[C@@H](C)C3)cs2)c1. The maximum atomic E-state index is 12.7. The van der Waals surface area contributed by atoms with E-state index in [9.17, 15) is 4.79 Å². The Kier molecular flexibility index (Phi) is 6.88. The van der Waals surface area contributed by atoms with Gasteiger partial charge in [-0.3, -0.25) is 15.0 Å². The molecule has 1 aliphatic rings. The highest BCUT2D eigenvalue weighted by molar-refractivity contribution is 7.14. The van der Waals surface area contributed by atoms with Crippen molar-refractivity contribution in [2.24, 2.45) is 0 Å². The molecule has 1 aliphatic heterocycles. The molecule has 1 aromatic carbocycles. The normalized spacial score (nSPS) is 19.1. The number of morpholine rings is 1. The minimum atomic E-state index is -0.220. The number of amides is 1. The second-order valence-electron chi connectivity index (χ2n) is 8.17. The first-order chi connectivity index (χ1) is 15.4. The van der Waals surface area contributed by atoms with E-state index in [0.717, 1.165) is 42.3 Å². The lowest BCUT2D eigenvalue weighted by atomic mass is 10.2. The van der Waals surface area contributed by atoms with Gasteiger partial charge < -0.3 is 14.0 Å². The molecule has 1 saturated heterocycles. The molecule has 170 valence electrons. The third-order valence-electron chi connectivity index (χ3n) is 5.31. The Labute approximate surface area is 191 Å². The molecule has 0 bridgehead atoms. The Morgan fingerprint density at radius 2 is 2.06 bits per heavy atom. The molecule has 4 rings (SSSR count). The second-order valence-corrected chi connectivity index (χ2v) is 9.03. The van der Waals surface area contributed by atoms with Crippen molar-refractivity contribution in [2.75, 3.05) is 18.4 Å². The summed E-state index contributed by atoms with van der Waals surface area (Å²) >= 11 is 1.43. The molecule has 32 heavy (non-hydrogen) atoms. The molecular weight excluding hydrogens is 428 g/mol. The second kappa shape index (κ2) is 9.81. The van der Waals surface area contributed by atoms with Gasteiger partial charge in [0.2, 0.25) is 0 Å². The van der Waals surface area contributed by atoms with Crippen molar-refractivity contribution in [3.05, 3.63) is 57.9 Å². The third kappa shape index (κ3) is 5.53. The van der Waals surface area contributed by atoms with Gasteiger partial charge in [-0.15, -0.1) is 11.3 Å². The molecule has 0 aliphatic carbocycles. The fourth-order valence-corrected chi connectivity index (χ4v) is 4.54. The van der Waals surface area contributed by atoms with Gasteiger partial charge in [-0.1, -0.05) is 11.2 Å². The predicted molar refractivity (Wildman–Crippen MR) is 122 cm³/mol. The molecule has 0 radical (unpaired) electrons. The Hall–Kier alpha value is -2.75. The first kappa shape index (κ1) is 22.4. The van der Waals surface area contributed by atoms with Crippen LogP contribution in [0.1, 0.15) is 46.9 Å². The Bertz CT molecular complexity index is 1050. The lowest BCUT2D eigenvalue weighted by molar-refractivity contribution is -0.0707. The van der Waals surface area contributed by atoms with Gasteiger partial charge >= 0.3 is 0 Å². The highest BCUT2D eigenvalue weighted by Crippen LogP contribution is 2.22. The summed E-state index contributed by atoms with van der Waals surface area (Å²) in [6, 6.07) is 7.09. The first-order valence-corrected chi connectivity index (χ1v) is 11.5. The van der Waals surface area contributed by atoms with Crippen LogP contribution in [-0.4, -0.2) is 46.2 Å². The summed E-state index contributed by atoms with van der Waals surface area (Å²) in [6.07, 6.45) is 0.423. The molecular formula is C23H28N4O4S. The summed E-state index contributed by atoms with van der Waals surface area (Å²) in [6.45, 7) is 10.7. The summed E-state index contributed by atoms with van der Waals surface area (Å²) in [5.74, 6) is 1.12. The van der Waals surface area contributed by atoms with E-state index >= 15 is 0 Å². The van der Waals surface area contributed by atoms with Crippen LogP contribution < -0.4 is 10.1 Å². The number of rotatable bonds is 7. The smallest absolute Gasteiger partial charge is 0.257 e. The van der Waals surface area contributed by atoms with Gasteiger partial charge in [-0.05, 0) is 45.9 Å². The molecule has 8 nitrogen and oxygen atoms in total. The molecule has 3 aromatic rings. The number of carbonyl (C=O) groups is 1. The number of anilines is 1. The van der Waals surface area contributed by atoms with E-state index in [0.29, 0.717) is 23.1 Å². The van der Waals surface area contributed by atoms with E-state index in [-0.39, 0.29) is 18.1 Å². The Balaban J connectivity index is 1.34. The zero-order valence-corrected chi connectivity index (χ0v) is 19.6. The van der Waals surface area contributed by atoms with Gasteiger partial charge in [0.1, 0.15) is 18.1 Å². The maximum absolute atomic E-state index is 12.7. The lowest BCUT2D eigenvalue weighted by Crippen LogP contribution is -2.44. The number of thiazole rings is 1. The van der Waals surface area contributed by atoms with E-state index < -0.39 is 0 Å². The van der Waals surface area contributed by atoms with E-state index in [1.54, 1.807) is 18.2 Å². The number of hydrogen-bond donors (Lipinski definition) is 1. The summed E-state index contributed by atoms with van der Waals surface area (Å²) < 4.78 is 16.8. The molecule has 1 N–H and O–H groups in total. The van der Waals surface area contributed by atoms with Crippen molar-refractivity contribution in [3.8, 4) is 5.75 Å². The fraction of sp³-hybridized carbons (Fsp3) is 0.435. The van der Waals surface area contributed by atoms with E-state index in [4.69, 9.17) is 14.0 Å². The third-order valence-corrected chi connectivity index (χ3v) is 6.12. The standard InChI is InChI=1S/C23H28N4O4S/c1-14-9-27(10-15(2)30-14)11-19-13-32-23(24-19)25-22(28)18-6-5-7-20(8-18)29-12-21-16(3)26-31-17(21)4/h5-8,13-15H,9-12H2,1-4H3,(H,24,25,28)/t14-,15+. The molecule has 3 heterocycles. The van der Waals surface area contributed by atoms with E-state index in [2.05, 4.69) is 34.2 Å². The van der Waals surface area contributed by atoms with E-state index in [1.165, 1.54) is 11.3 Å². The van der Waals surface area contributed by atoms with Crippen LogP contribution in [0.3, 0.4) is 0 Å². The van der Waals surface area contributed by atoms with Crippen molar-refractivity contribution in [1.82, 2.24) is 15.0 Å². The monoisotopic (exact) mass is 456 g/mol. The van der Waals surface area contributed by atoms with Crippen LogP contribution in [0.25, 0.3) is 0 Å². The zero-order valence-electron chi connectivity index (χ0n) is 18.8. The van der Waals surface area contributed by atoms with Gasteiger partial charge in [0.05, 0.1) is 29.2 Å². The van der Waals surface area contributed by atoms with Crippen LogP contribution in [0.4, 0.5) is 5.13 Å². The molecule has 1 fully saturated rings. The van der Waals surface area contributed by atoms with Gasteiger partial charge in [-0.2, -0.15) is 0 Å². The summed E-state index contributed by atoms with van der Waals surface area (Å²) in [5, 5.41) is 9.40. The van der Waals surface area contributed by atoms with Crippen molar-refractivity contribution in [2.45, 2.75) is 53.1 Å². The number of hydrogen-bond acceptors (Lipinski definition) is 8. The zero-order chi connectivity index (χ0) is 22.7. The number of nitrogens with one attached hydrogen (secondary N) is 1. The molecule has 0 saturated carbocycles. The quantitative estimate of drug-likeness (QED) is 0.570. The maximum Gasteiger partial charge on any atom is 0.257 e. The predicted octanol–water partition coefficient (Wildman–Crippen LogP) is 4.19. The van der Waals surface area contributed by atoms with E-state index in [1.807, 2.05) is 25.3 Å². The molecule has 2 atom stereocenters. The minimum Gasteiger partial charge on any atom is -0.489 e. The van der Waals surface area contributed by atoms with Crippen LogP contribution in [0.15, 0.2) is 34.2 Å². The molecule has 0 unspecified atom stereocenters. The number of nitrogens with zero attached hydrogens (tertiary/aromatic N) is 3. The Morgan fingerprint density at radius 1 is 1.28 bits per heavy atom. The van der Waals surface area contributed by atoms with Gasteiger partial charge in [0.25, 0.3) is 5.91 Å². The van der Waals surface area contributed by atoms with Gasteiger partial charge in [0, 0.05) is 30.6 Å². The summed E-state index contributed by atoms with van der Waals surface area (Å²) in [5.41, 5.74) is 3.17. The fourth-order valence-electron chi connectivity index (χ4n) is 3.84. The van der Waals surface area contributed by atoms with Gasteiger partial charge in [0.15, 0.2) is 5.13 Å². The average molecular weight is 457 g/mol. The number of carbonyl (C=O) groups excluding carboxylic acids is 1. The highest BCUT2D eigenvalue weighted by Gasteiger charge is 2.23. The van der Waals surface area contributed by atoms with Crippen LogP contribution >= 0.6 is 11.3 Å². The van der Waals surface area contributed by atoms with Crippen molar-refractivity contribution in [3.63, 3.8) is 0 Å². The number of aromatic nitrogens is 2. The topological polar surface area (TPSA) is 89.7 Å². The average Bonchev–Trinajstić information content (AvgIpc) is 3.31. The van der Waals surface area contributed by atoms with Gasteiger partial charge in [-0.25, -0.2) is 4.98 Å².